The van der Waals surface area contributed by atoms with Gasteiger partial charge in [-0.25, -0.2) is 0 Å². The van der Waals surface area contributed by atoms with E-state index in [-0.39, 0.29) is 0 Å². The predicted octanol–water partition coefficient (Wildman–Crippen LogP) is 6.04. The lowest BCUT2D eigenvalue weighted by molar-refractivity contribution is -0.0473. The van der Waals surface area contributed by atoms with E-state index in [0.717, 1.165) is 23.5 Å². The van der Waals surface area contributed by atoms with Crippen molar-refractivity contribution < 1.29 is 4.74 Å². The molecule has 23 heavy (non-hydrogen) atoms. The van der Waals surface area contributed by atoms with E-state index in [1.165, 1.54) is 62.5 Å². The van der Waals surface area contributed by atoms with Gasteiger partial charge in [0.15, 0.2) is 0 Å². The molecule has 1 heteroatoms. The summed E-state index contributed by atoms with van der Waals surface area (Å²) in [4.78, 5) is 0. The Hall–Kier alpha value is -0.980. The van der Waals surface area contributed by atoms with Crippen molar-refractivity contribution in [1.82, 2.24) is 0 Å². The molecule has 2 aliphatic rings. The Morgan fingerprint density at radius 2 is 2.13 bits per heavy atom. The summed E-state index contributed by atoms with van der Waals surface area (Å²) in [6.45, 7) is 7.30. The maximum atomic E-state index is 5.63. The second kappa shape index (κ2) is 6.87. The van der Waals surface area contributed by atoms with Crippen LogP contribution in [0.4, 0.5) is 0 Å². The van der Waals surface area contributed by atoms with Crippen LogP contribution in [0.1, 0.15) is 70.4 Å². The zero-order chi connectivity index (χ0) is 16.4. The van der Waals surface area contributed by atoms with Gasteiger partial charge >= 0.3 is 0 Å². The first kappa shape index (κ1) is 16.9. The zero-order valence-electron chi connectivity index (χ0n) is 15.5. The van der Waals surface area contributed by atoms with Crippen LogP contribution in [0.2, 0.25) is 0 Å². The van der Waals surface area contributed by atoms with Gasteiger partial charge in [0, 0.05) is 0 Å². The second-order valence-electron chi connectivity index (χ2n) is 8.54. The lowest BCUT2D eigenvalue weighted by atomic mass is 9.47. The lowest BCUT2D eigenvalue weighted by Crippen LogP contribution is -2.51. The van der Waals surface area contributed by atoms with Crippen molar-refractivity contribution in [2.45, 2.75) is 72.1 Å². The Balaban J connectivity index is 1.65. The van der Waals surface area contributed by atoms with Gasteiger partial charge in [0.05, 0.1) is 7.11 Å². The van der Waals surface area contributed by atoms with Crippen molar-refractivity contribution in [2.24, 2.45) is 23.2 Å². The molecule has 0 aromatic heterocycles. The topological polar surface area (TPSA) is 9.23 Å². The van der Waals surface area contributed by atoms with Crippen molar-refractivity contribution in [1.29, 1.82) is 0 Å². The van der Waals surface area contributed by atoms with Gasteiger partial charge in [0.2, 0.25) is 0 Å². The molecule has 4 atom stereocenters. The molecule has 3 rings (SSSR count). The second-order valence-corrected chi connectivity index (χ2v) is 8.54. The minimum absolute atomic E-state index is 0.549. The zero-order valence-corrected chi connectivity index (χ0v) is 15.5. The third-order valence-electron chi connectivity index (χ3n) is 6.67. The van der Waals surface area contributed by atoms with Gasteiger partial charge in [-0.05, 0) is 66.0 Å². The number of rotatable bonds is 7. The van der Waals surface area contributed by atoms with Crippen molar-refractivity contribution in [3.63, 3.8) is 0 Å². The van der Waals surface area contributed by atoms with Crippen molar-refractivity contribution in [3.05, 3.63) is 29.3 Å². The number of benzene rings is 1. The lowest BCUT2D eigenvalue weighted by Gasteiger charge is -2.57. The molecule has 1 aromatic carbocycles. The highest BCUT2D eigenvalue weighted by atomic mass is 16.5. The van der Waals surface area contributed by atoms with Crippen molar-refractivity contribution in [2.75, 3.05) is 7.11 Å². The van der Waals surface area contributed by atoms with Crippen LogP contribution in [0, 0.1) is 23.2 Å². The molecule has 1 nitrogen and oxygen atoms in total. The summed E-state index contributed by atoms with van der Waals surface area (Å²) in [5.74, 6) is 3.83. The minimum atomic E-state index is 0.549. The normalized spacial score (nSPS) is 30.1. The molecule has 0 bridgehead atoms. The van der Waals surface area contributed by atoms with E-state index in [1.54, 1.807) is 0 Å². The summed E-state index contributed by atoms with van der Waals surface area (Å²) in [6, 6.07) is 6.62. The molecule has 128 valence electrons. The minimum Gasteiger partial charge on any atom is -0.496 e. The molecule has 1 aromatic rings. The van der Waals surface area contributed by atoms with E-state index in [0.29, 0.717) is 5.41 Å². The summed E-state index contributed by atoms with van der Waals surface area (Å²) < 4.78 is 5.63. The molecule has 3 unspecified atom stereocenters. The van der Waals surface area contributed by atoms with Gasteiger partial charge < -0.3 is 4.74 Å². The van der Waals surface area contributed by atoms with Gasteiger partial charge in [-0.3, -0.25) is 0 Å². The molecule has 1 saturated carbocycles. The number of hydrogen-bond acceptors (Lipinski definition) is 1. The van der Waals surface area contributed by atoms with Crippen LogP contribution in [0.25, 0.3) is 0 Å². The Kier molecular flexibility index (Phi) is 5.04. The molecule has 0 heterocycles. The van der Waals surface area contributed by atoms with Gasteiger partial charge in [-0.1, -0.05) is 58.6 Å². The predicted molar refractivity (Wildman–Crippen MR) is 98.0 cm³/mol. The van der Waals surface area contributed by atoms with Crippen LogP contribution < -0.4 is 4.74 Å². The maximum Gasteiger partial charge on any atom is 0.122 e. The van der Waals surface area contributed by atoms with Crippen LogP contribution in [-0.2, 0) is 12.8 Å². The third-order valence-corrected chi connectivity index (χ3v) is 6.67. The summed E-state index contributed by atoms with van der Waals surface area (Å²) in [5, 5.41) is 0. The molecular formula is C22H34O. The molecule has 2 aliphatic carbocycles. The van der Waals surface area contributed by atoms with Crippen LogP contribution >= 0.6 is 0 Å². The molecule has 0 aliphatic heterocycles. The van der Waals surface area contributed by atoms with Gasteiger partial charge in [0.25, 0.3) is 0 Å². The number of fused-ring (bicyclic) bond motifs is 2. The number of unbranched alkanes of at least 4 members (excludes halogenated alkanes) is 2. The van der Waals surface area contributed by atoms with E-state index in [4.69, 9.17) is 4.74 Å². The van der Waals surface area contributed by atoms with Gasteiger partial charge in [-0.2, -0.15) is 0 Å². The monoisotopic (exact) mass is 314 g/mol. The van der Waals surface area contributed by atoms with Gasteiger partial charge in [0.1, 0.15) is 5.75 Å². The Bertz CT molecular complexity index is 535. The highest BCUT2D eigenvalue weighted by molar-refractivity contribution is 5.44. The molecule has 1 fully saturated rings. The van der Waals surface area contributed by atoms with E-state index < -0.39 is 0 Å². The Morgan fingerprint density at radius 1 is 1.30 bits per heavy atom. The summed E-state index contributed by atoms with van der Waals surface area (Å²) in [6.07, 6.45) is 11.0. The summed E-state index contributed by atoms with van der Waals surface area (Å²) in [7, 11) is 1.82. The highest BCUT2D eigenvalue weighted by Gasteiger charge is 2.52. The first-order chi connectivity index (χ1) is 11.1. The molecule has 0 amide bonds. The fraction of sp³-hybridized carbons (Fsp3) is 0.727. The Morgan fingerprint density at radius 3 is 2.87 bits per heavy atom. The fourth-order valence-electron chi connectivity index (χ4n) is 5.40. The average Bonchev–Trinajstić information content (AvgIpc) is 2.52. The van der Waals surface area contributed by atoms with Crippen LogP contribution in [0.3, 0.4) is 0 Å². The molecule has 0 spiro atoms. The summed E-state index contributed by atoms with van der Waals surface area (Å²) in [5.41, 5.74) is 3.59. The largest absolute Gasteiger partial charge is 0.496 e. The first-order valence-electron chi connectivity index (χ1n) is 9.72. The van der Waals surface area contributed by atoms with E-state index in [2.05, 4.69) is 39.0 Å². The van der Waals surface area contributed by atoms with E-state index >= 15 is 0 Å². The van der Waals surface area contributed by atoms with Crippen molar-refractivity contribution >= 4 is 0 Å². The standard InChI is InChI=1S/C22H34O/c1-5-6-7-9-16(2)12-18-15-22(3)14-17-10-8-11-21(23-4)19(17)13-20(18)22/h8,10-11,16,18,20H,5-7,9,12-15H2,1-4H3/t16?,18?,20?,22-/m1/s1. The molecular weight excluding hydrogens is 280 g/mol. The smallest absolute Gasteiger partial charge is 0.122 e. The average molecular weight is 315 g/mol. The summed E-state index contributed by atoms with van der Waals surface area (Å²) >= 11 is 0. The fourth-order valence-corrected chi connectivity index (χ4v) is 5.40. The highest BCUT2D eigenvalue weighted by Crippen LogP contribution is 2.59. The van der Waals surface area contributed by atoms with Crippen LogP contribution in [0.5, 0.6) is 5.75 Å². The molecule has 0 radical (unpaired) electrons. The maximum absolute atomic E-state index is 5.63. The van der Waals surface area contributed by atoms with E-state index in [9.17, 15) is 0 Å². The van der Waals surface area contributed by atoms with Crippen LogP contribution in [-0.4, -0.2) is 7.11 Å². The third kappa shape index (κ3) is 3.30. The van der Waals surface area contributed by atoms with Crippen molar-refractivity contribution in [3.8, 4) is 5.75 Å². The van der Waals surface area contributed by atoms with Crippen LogP contribution in [0.15, 0.2) is 18.2 Å². The SMILES string of the molecule is CCCCCC(C)CC1C[C@@]2(C)Cc3cccc(OC)c3CC12. The van der Waals surface area contributed by atoms with E-state index in [1.807, 2.05) is 7.11 Å². The molecule has 0 saturated heterocycles. The first-order valence-corrected chi connectivity index (χ1v) is 9.72. The number of methoxy groups -OCH3 is 1. The molecule has 0 N–H and O–H groups in total. The number of ether oxygens (including phenoxy) is 1. The number of hydrogen-bond donors (Lipinski definition) is 0. The Labute approximate surface area is 142 Å². The van der Waals surface area contributed by atoms with Gasteiger partial charge in [-0.15, -0.1) is 0 Å². The quantitative estimate of drug-likeness (QED) is 0.557.